The highest BCUT2D eigenvalue weighted by Crippen LogP contribution is 2.30. The van der Waals surface area contributed by atoms with Gasteiger partial charge < -0.3 is 14.4 Å². The fourth-order valence-electron chi connectivity index (χ4n) is 4.25. The van der Waals surface area contributed by atoms with Gasteiger partial charge in [-0.05, 0) is 62.0 Å². The maximum atomic E-state index is 6.17. The molecule has 0 unspecified atom stereocenters. The molecule has 31 heavy (non-hydrogen) atoms. The van der Waals surface area contributed by atoms with Crippen LogP contribution < -0.4 is 9.47 Å². The Morgan fingerprint density at radius 3 is 2.19 bits per heavy atom. The SMILES string of the molecule is CCCCC[C@H](Cc1ccc(OC)c(OCCc2ccccc2)c1)N(CCC)CCC. The lowest BCUT2D eigenvalue weighted by molar-refractivity contribution is 0.181. The molecule has 0 spiro atoms. The van der Waals surface area contributed by atoms with Crippen LogP contribution in [0.25, 0.3) is 0 Å². The highest BCUT2D eigenvalue weighted by molar-refractivity contribution is 5.43. The summed E-state index contributed by atoms with van der Waals surface area (Å²) in [7, 11) is 1.72. The predicted molar refractivity (Wildman–Crippen MR) is 132 cm³/mol. The van der Waals surface area contributed by atoms with Crippen molar-refractivity contribution in [2.75, 3.05) is 26.8 Å². The zero-order valence-electron chi connectivity index (χ0n) is 20.2. The van der Waals surface area contributed by atoms with Gasteiger partial charge in [0.05, 0.1) is 13.7 Å². The smallest absolute Gasteiger partial charge is 0.161 e. The molecule has 0 aliphatic carbocycles. The Balaban J connectivity index is 2.09. The molecule has 2 aromatic carbocycles. The minimum atomic E-state index is 0.594. The predicted octanol–water partition coefficient (Wildman–Crippen LogP) is 6.93. The summed E-state index contributed by atoms with van der Waals surface area (Å²) in [6.45, 7) is 9.88. The van der Waals surface area contributed by atoms with Crippen LogP contribution in [0.3, 0.4) is 0 Å². The second-order valence-electron chi connectivity index (χ2n) is 8.46. The fourth-order valence-corrected chi connectivity index (χ4v) is 4.25. The average Bonchev–Trinajstić information content (AvgIpc) is 2.79. The van der Waals surface area contributed by atoms with E-state index in [2.05, 4.69) is 68.1 Å². The van der Waals surface area contributed by atoms with Gasteiger partial charge in [-0.3, -0.25) is 0 Å². The third kappa shape index (κ3) is 8.95. The second kappa shape index (κ2) is 14.9. The van der Waals surface area contributed by atoms with Crippen molar-refractivity contribution >= 4 is 0 Å². The van der Waals surface area contributed by atoms with Crippen LogP contribution in [0.15, 0.2) is 48.5 Å². The Morgan fingerprint density at radius 1 is 0.806 bits per heavy atom. The molecule has 0 aliphatic rings. The highest BCUT2D eigenvalue weighted by Gasteiger charge is 2.18. The van der Waals surface area contributed by atoms with E-state index in [1.165, 1.54) is 62.7 Å². The molecule has 0 heterocycles. The summed E-state index contributed by atoms with van der Waals surface area (Å²) in [6, 6.07) is 17.6. The van der Waals surface area contributed by atoms with E-state index in [-0.39, 0.29) is 0 Å². The van der Waals surface area contributed by atoms with Crippen molar-refractivity contribution in [3.8, 4) is 11.5 Å². The number of hydrogen-bond donors (Lipinski definition) is 0. The Kier molecular flexibility index (Phi) is 12.2. The molecule has 0 radical (unpaired) electrons. The maximum absolute atomic E-state index is 6.17. The van der Waals surface area contributed by atoms with Crippen molar-refractivity contribution in [2.45, 2.75) is 78.2 Å². The molecule has 0 saturated carbocycles. The van der Waals surface area contributed by atoms with Crippen molar-refractivity contribution in [1.82, 2.24) is 4.90 Å². The molecule has 3 heteroatoms. The first-order valence-corrected chi connectivity index (χ1v) is 12.3. The Hall–Kier alpha value is -2.00. The topological polar surface area (TPSA) is 21.7 Å². The van der Waals surface area contributed by atoms with Gasteiger partial charge in [0, 0.05) is 12.5 Å². The third-order valence-electron chi connectivity index (χ3n) is 5.87. The molecule has 0 saturated heterocycles. The Bertz CT molecular complexity index is 710. The van der Waals surface area contributed by atoms with Crippen LogP contribution in [0.4, 0.5) is 0 Å². The van der Waals surface area contributed by atoms with E-state index in [9.17, 15) is 0 Å². The van der Waals surface area contributed by atoms with Crippen LogP contribution in [-0.2, 0) is 12.8 Å². The van der Waals surface area contributed by atoms with Crippen LogP contribution in [0.2, 0.25) is 0 Å². The molecule has 0 amide bonds. The van der Waals surface area contributed by atoms with Gasteiger partial charge in [-0.15, -0.1) is 0 Å². The molecule has 2 aromatic rings. The number of unbranched alkanes of at least 4 members (excludes halogenated alkanes) is 2. The number of methoxy groups -OCH3 is 1. The summed E-state index contributed by atoms with van der Waals surface area (Å²) in [6.07, 6.45) is 9.56. The van der Waals surface area contributed by atoms with E-state index < -0.39 is 0 Å². The average molecular weight is 426 g/mol. The van der Waals surface area contributed by atoms with Gasteiger partial charge in [-0.2, -0.15) is 0 Å². The zero-order valence-corrected chi connectivity index (χ0v) is 20.2. The normalized spacial score (nSPS) is 12.2. The molecule has 0 aliphatic heterocycles. The maximum Gasteiger partial charge on any atom is 0.161 e. The van der Waals surface area contributed by atoms with Gasteiger partial charge >= 0.3 is 0 Å². The van der Waals surface area contributed by atoms with Crippen LogP contribution in [0.5, 0.6) is 11.5 Å². The minimum Gasteiger partial charge on any atom is -0.493 e. The number of benzene rings is 2. The van der Waals surface area contributed by atoms with Gasteiger partial charge in [0.2, 0.25) is 0 Å². The quantitative estimate of drug-likeness (QED) is 0.272. The van der Waals surface area contributed by atoms with Gasteiger partial charge in [0.1, 0.15) is 0 Å². The molecule has 3 nitrogen and oxygen atoms in total. The van der Waals surface area contributed by atoms with E-state index in [4.69, 9.17) is 9.47 Å². The van der Waals surface area contributed by atoms with Crippen molar-refractivity contribution in [1.29, 1.82) is 0 Å². The molecular weight excluding hydrogens is 382 g/mol. The van der Waals surface area contributed by atoms with E-state index in [1.807, 2.05) is 6.07 Å². The first-order chi connectivity index (χ1) is 15.2. The van der Waals surface area contributed by atoms with Crippen LogP contribution in [0.1, 0.15) is 70.4 Å². The molecule has 0 bridgehead atoms. The van der Waals surface area contributed by atoms with Gasteiger partial charge in [-0.1, -0.05) is 76.4 Å². The Labute approximate surface area is 190 Å². The molecule has 0 aromatic heterocycles. The van der Waals surface area contributed by atoms with Gasteiger partial charge in [-0.25, -0.2) is 0 Å². The summed E-state index contributed by atoms with van der Waals surface area (Å²) >= 11 is 0. The monoisotopic (exact) mass is 425 g/mol. The summed E-state index contributed by atoms with van der Waals surface area (Å²) in [4.78, 5) is 2.70. The second-order valence-corrected chi connectivity index (χ2v) is 8.46. The van der Waals surface area contributed by atoms with E-state index >= 15 is 0 Å². The number of nitrogens with zero attached hydrogens (tertiary/aromatic N) is 1. The van der Waals surface area contributed by atoms with Gasteiger partial charge in [0.15, 0.2) is 11.5 Å². The molecule has 0 fully saturated rings. The third-order valence-corrected chi connectivity index (χ3v) is 5.87. The molecule has 1 atom stereocenters. The lowest BCUT2D eigenvalue weighted by atomic mass is 9.98. The number of ether oxygens (including phenoxy) is 2. The minimum absolute atomic E-state index is 0.594. The largest absolute Gasteiger partial charge is 0.493 e. The van der Waals surface area contributed by atoms with Crippen molar-refractivity contribution in [3.05, 3.63) is 59.7 Å². The molecule has 0 N–H and O–H groups in total. The highest BCUT2D eigenvalue weighted by atomic mass is 16.5. The lowest BCUT2D eigenvalue weighted by Gasteiger charge is -2.32. The number of hydrogen-bond acceptors (Lipinski definition) is 3. The van der Waals surface area contributed by atoms with E-state index in [1.54, 1.807) is 7.11 Å². The molecule has 2 rings (SSSR count). The summed E-state index contributed by atoms with van der Waals surface area (Å²) in [5.41, 5.74) is 2.64. The first kappa shape index (κ1) is 25.3. The van der Waals surface area contributed by atoms with Crippen LogP contribution in [-0.4, -0.2) is 37.7 Å². The summed E-state index contributed by atoms with van der Waals surface area (Å²) in [5, 5.41) is 0. The Morgan fingerprint density at radius 2 is 1.55 bits per heavy atom. The number of rotatable bonds is 16. The zero-order chi connectivity index (χ0) is 22.3. The van der Waals surface area contributed by atoms with Crippen molar-refractivity contribution in [2.24, 2.45) is 0 Å². The fraction of sp³-hybridized carbons (Fsp3) is 0.571. The molecule has 172 valence electrons. The van der Waals surface area contributed by atoms with Crippen LogP contribution in [0, 0.1) is 0 Å². The van der Waals surface area contributed by atoms with Crippen molar-refractivity contribution < 1.29 is 9.47 Å². The van der Waals surface area contributed by atoms with E-state index in [0.717, 1.165) is 24.3 Å². The van der Waals surface area contributed by atoms with Crippen molar-refractivity contribution in [3.63, 3.8) is 0 Å². The lowest BCUT2D eigenvalue weighted by Crippen LogP contribution is -2.38. The summed E-state index contributed by atoms with van der Waals surface area (Å²) < 4.78 is 11.7. The van der Waals surface area contributed by atoms with Gasteiger partial charge in [0.25, 0.3) is 0 Å². The van der Waals surface area contributed by atoms with E-state index in [0.29, 0.717) is 12.6 Å². The molecular formula is C28H43NO2. The van der Waals surface area contributed by atoms with Crippen LogP contribution >= 0.6 is 0 Å². The standard InChI is InChI=1S/C28H43NO2/c1-5-8-10-15-26(29(19-6-2)20-7-3)22-25-16-17-27(30-4)28(23-25)31-21-18-24-13-11-9-12-14-24/h9,11-14,16-17,23,26H,5-8,10,15,18-22H2,1-4H3/t26-/m1/s1. The summed E-state index contributed by atoms with van der Waals surface area (Å²) in [5.74, 6) is 1.68. The first-order valence-electron chi connectivity index (χ1n) is 12.3.